The van der Waals surface area contributed by atoms with Crippen LogP contribution in [0.4, 0.5) is 0 Å². The summed E-state index contributed by atoms with van der Waals surface area (Å²) in [5, 5.41) is 3.25. The molecule has 0 saturated heterocycles. The summed E-state index contributed by atoms with van der Waals surface area (Å²) in [4.78, 5) is 0. The maximum atomic E-state index is 5.87. The van der Waals surface area contributed by atoms with E-state index in [4.69, 9.17) is 9.47 Å². The highest BCUT2D eigenvalue weighted by Crippen LogP contribution is 2.19. The van der Waals surface area contributed by atoms with Crippen molar-refractivity contribution in [3.8, 4) is 11.5 Å². The first-order valence-electron chi connectivity index (χ1n) is 6.28. The van der Waals surface area contributed by atoms with Gasteiger partial charge in [0.05, 0.1) is 6.61 Å². The van der Waals surface area contributed by atoms with Crippen LogP contribution in [0.3, 0.4) is 0 Å². The Morgan fingerprint density at radius 2 is 1.71 bits per heavy atom. The predicted molar refractivity (Wildman–Crippen MR) is 70.8 cm³/mol. The lowest BCUT2D eigenvalue weighted by molar-refractivity contribution is 0.171. The second-order valence-corrected chi connectivity index (χ2v) is 4.03. The molecule has 1 aromatic carbocycles. The van der Waals surface area contributed by atoms with Crippen molar-refractivity contribution in [3.05, 3.63) is 24.3 Å². The van der Waals surface area contributed by atoms with Gasteiger partial charge in [0.25, 0.3) is 0 Å². The number of rotatable bonds is 7. The van der Waals surface area contributed by atoms with Gasteiger partial charge in [-0.3, -0.25) is 0 Å². The largest absolute Gasteiger partial charge is 0.494 e. The Bertz CT molecular complexity index is 307. The van der Waals surface area contributed by atoms with Crippen LogP contribution in [0.15, 0.2) is 24.3 Å². The fourth-order valence-electron chi connectivity index (χ4n) is 1.85. The minimum Gasteiger partial charge on any atom is -0.494 e. The molecule has 1 aromatic rings. The van der Waals surface area contributed by atoms with Crippen LogP contribution >= 0.6 is 0 Å². The number of nitrogens with one attached hydrogen (secondary N) is 1. The van der Waals surface area contributed by atoms with E-state index < -0.39 is 0 Å². The molecule has 3 nitrogen and oxygen atoms in total. The molecule has 0 fully saturated rings. The molecule has 0 aliphatic heterocycles. The normalized spacial score (nSPS) is 14.1. The Balaban J connectivity index is 2.56. The van der Waals surface area contributed by atoms with E-state index in [2.05, 4.69) is 19.2 Å². The van der Waals surface area contributed by atoms with Crippen molar-refractivity contribution >= 4 is 0 Å². The van der Waals surface area contributed by atoms with E-state index in [0.717, 1.165) is 17.9 Å². The van der Waals surface area contributed by atoms with E-state index in [1.54, 1.807) is 0 Å². The summed E-state index contributed by atoms with van der Waals surface area (Å²) in [6.45, 7) is 6.90. The zero-order valence-corrected chi connectivity index (χ0v) is 11.2. The van der Waals surface area contributed by atoms with Gasteiger partial charge in [-0.05, 0) is 51.6 Å². The van der Waals surface area contributed by atoms with E-state index in [1.807, 2.05) is 38.2 Å². The molecule has 0 radical (unpaired) electrons. The molecule has 2 atom stereocenters. The van der Waals surface area contributed by atoms with Crippen LogP contribution in [0.25, 0.3) is 0 Å². The lowest BCUT2D eigenvalue weighted by Gasteiger charge is -2.23. The van der Waals surface area contributed by atoms with Gasteiger partial charge >= 0.3 is 0 Å². The Kier molecular flexibility index (Phi) is 5.84. The summed E-state index contributed by atoms with van der Waals surface area (Å²) in [5.74, 6) is 1.77. The molecule has 3 heteroatoms. The maximum absolute atomic E-state index is 5.87. The minimum atomic E-state index is 0.156. The summed E-state index contributed by atoms with van der Waals surface area (Å²) >= 11 is 0. The van der Waals surface area contributed by atoms with Crippen LogP contribution in [0.5, 0.6) is 11.5 Å². The quantitative estimate of drug-likeness (QED) is 0.791. The van der Waals surface area contributed by atoms with Crippen LogP contribution < -0.4 is 14.8 Å². The van der Waals surface area contributed by atoms with E-state index in [-0.39, 0.29) is 6.10 Å². The summed E-state index contributed by atoms with van der Waals surface area (Å²) in [7, 11) is 1.96. The summed E-state index contributed by atoms with van der Waals surface area (Å²) in [6.07, 6.45) is 1.21. The second-order valence-electron chi connectivity index (χ2n) is 4.03. The highest BCUT2D eigenvalue weighted by molar-refractivity contribution is 5.31. The molecule has 0 bridgehead atoms. The van der Waals surface area contributed by atoms with Crippen LogP contribution in [-0.4, -0.2) is 25.8 Å². The van der Waals surface area contributed by atoms with Gasteiger partial charge < -0.3 is 14.8 Å². The number of benzene rings is 1. The smallest absolute Gasteiger partial charge is 0.120 e. The fourth-order valence-corrected chi connectivity index (χ4v) is 1.85. The standard InChI is InChI=1S/C14H23NO2/c1-5-14(15-4)11(3)17-13-9-7-12(8-10-13)16-6-2/h7-11,14-15H,5-6H2,1-4H3. The Labute approximate surface area is 104 Å². The van der Waals surface area contributed by atoms with Gasteiger partial charge in [-0.15, -0.1) is 0 Å². The molecule has 1 N–H and O–H groups in total. The van der Waals surface area contributed by atoms with Gasteiger partial charge in [-0.1, -0.05) is 6.92 Å². The third-order valence-corrected chi connectivity index (χ3v) is 2.83. The van der Waals surface area contributed by atoms with Crippen LogP contribution in [0.2, 0.25) is 0 Å². The van der Waals surface area contributed by atoms with Gasteiger partial charge in [-0.25, -0.2) is 0 Å². The van der Waals surface area contributed by atoms with E-state index in [9.17, 15) is 0 Å². The third kappa shape index (κ3) is 4.27. The Morgan fingerprint density at radius 1 is 1.12 bits per heavy atom. The lowest BCUT2D eigenvalue weighted by Crippen LogP contribution is -2.38. The predicted octanol–water partition coefficient (Wildman–Crippen LogP) is 2.85. The first-order valence-corrected chi connectivity index (χ1v) is 6.28. The maximum Gasteiger partial charge on any atom is 0.120 e. The van der Waals surface area contributed by atoms with Gasteiger partial charge in [0.1, 0.15) is 17.6 Å². The first-order chi connectivity index (χ1) is 8.21. The SMILES string of the molecule is CCOc1ccc(OC(C)C(CC)NC)cc1. The van der Waals surface area contributed by atoms with Crippen LogP contribution in [-0.2, 0) is 0 Å². The van der Waals surface area contributed by atoms with Gasteiger partial charge in [-0.2, -0.15) is 0 Å². The average Bonchev–Trinajstić information content (AvgIpc) is 2.33. The summed E-state index contributed by atoms with van der Waals surface area (Å²) in [5.41, 5.74) is 0. The molecule has 0 spiro atoms. The van der Waals surface area contributed by atoms with E-state index in [0.29, 0.717) is 12.6 Å². The van der Waals surface area contributed by atoms with E-state index >= 15 is 0 Å². The molecule has 0 amide bonds. The fraction of sp³-hybridized carbons (Fsp3) is 0.571. The Morgan fingerprint density at radius 3 is 2.18 bits per heavy atom. The molecular weight excluding hydrogens is 214 g/mol. The van der Waals surface area contributed by atoms with Crippen molar-refractivity contribution in [3.63, 3.8) is 0 Å². The molecule has 17 heavy (non-hydrogen) atoms. The third-order valence-electron chi connectivity index (χ3n) is 2.83. The van der Waals surface area contributed by atoms with Crippen molar-refractivity contribution in [2.24, 2.45) is 0 Å². The highest BCUT2D eigenvalue weighted by atomic mass is 16.5. The van der Waals surface area contributed by atoms with E-state index in [1.165, 1.54) is 0 Å². The Hall–Kier alpha value is -1.22. The monoisotopic (exact) mass is 237 g/mol. The second kappa shape index (κ2) is 7.17. The molecule has 0 aliphatic carbocycles. The molecule has 0 heterocycles. The van der Waals surface area contributed by atoms with Crippen molar-refractivity contribution in [1.82, 2.24) is 5.32 Å². The molecule has 2 unspecified atom stereocenters. The average molecular weight is 237 g/mol. The van der Waals surface area contributed by atoms with Gasteiger partial charge in [0.2, 0.25) is 0 Å². The number of hydrogen-bond acceptors (Lipinski definition) is 3. The summed E-state index contributed by atoms with van der Waals surface area (Å²) in [6, 6.07) is 8.15. The topological polar surface area (TPSA) is 30.5 Å². The van der Waals surface area contributed by atoms with Crippen molar-refractivity contribution in [1.29, 1.82) is 0 Å². The highest BCUT2D eigenvalue weighted by Gasteiger charge is 2.14. The molecule has 96 valence electrons. The minimum absolute atomic E-state index is 0.156. The zero-order chi connectivity index (χ0) is 12.7. The molecule has 1 rings (SSSR count). The first kappa shape index (κ1) is 13.8. The van der Waals surface area contributed by atoms with Gasteiger partial charge in [0.15, 0.2) is 0 Å². The lowest BCUT2D eigenvalue weighted by atomic mass is 10.1. The van der Waals surface area contributed by atoms with Crippen LogP contribution in [0, 0.1) is 0 Å². The van der Waals surface area contributed by atoms with Crippen molar-refractivity contribution in [2.45, 2.75) is 39.3 Å². The van der Waals surface area contributed by atoms with Crippen molar-refractivity contribution in [2.75, 3.05) is 13.7 Å². The number of likely N-dealkylation sites (N-methyl/N-ethyl adjacent to an activating group) is 1. The zero-order valence-electron chi connectivity index (χ0n) is 11.2. The molecule has 0 saturated carbocycles. The number of ether oxygens (including phenoxy) is 2. The van der Waals surface area contributed by atoms with Crippen molar-refractivity contribution < 1.29 is 9.47 Å². The summed E-state index contributed by atoms with van der Waals surface area (Å²) < 4.78 is 11.3. The molecule has 0 aromatic heterocycles. The molecular formula is C14H23NO2. The van der Waals surface area contributed by atoms with Crippen LogP contribution in [0.1, 0.15) is 27.2 Å². The number of hydrogen-bond donors (Lipinski definition) is 1. The molecule has 0 aliphatic rings. The van der Waals surface area contributed by atoms with Gasteiger partial charge in [0, 0.05) is 6.04 Å².